The molecule has 0 aliphatic rings. The largest absolute Gasteiger partial charge is 0.338 e. The number of rotatable bonds is 6. The molecule has 30 heavy (non-hydrogen) atoms. The first-order valence-electron chi connectivity index (χ1n) is 8.88. The lowest BCUT2D eigenvalue weighted by molar-refractivity contribution is -0.113. The van der Waals surface area contributed by atoms with Crippen molar-refractivity contribution in [2.24, 2.45) is 0 Å². The van der Waals surface area contributed by atoms with Gasteiger partial charge in [0.1, 0.15) is 0 Å². The summed E-state index contributed by atoms with van der Waals surface area (Å²) in [6.07, 6.45) is 1.55. The van der Waals surface area contributed by atoms with Crippen LogP contribution in [0.2, 0.25) is 5.02 Å². The number of hydrogen-bond donors (Lipinski definition) is 2. The van der Waals surface area contributed by atoms with E-state index in [-0.39, 0.29) is 23.1 Å². The highest BCUT2D eigenvalue weighted by Gasteiger charge is 2.14. The maximum Gasteiger partial charge on any atom is 0.252 e. The van der Waals surface area contributed by atoms with Gasteiger partial charge in [0, 0.05) is 16.7 Å². The van der Waals surface area contributed by atoms with Gasteiger partial charge in [-0.1, -0.05) is 71.0 Å². The summed E-state index contributed by atoms with van der Waals surface area (Å²) in [7, 11) is 0. The number of thioether (sulfide) groups is 1. The molecule has 0 fully saturated rings. The maximum atomic E-state index is 12.4. The van der Waals surface area contributed by atoms with Crippen LogP contribution in [0.15, 0.2) is 81.3 Å². The number of aromatic amines is 1. The van der Waals surface area contributed by atoms with E-state index < -0.39 is 0 Å². The summed E-state index contributed by atoms with van der Waals surface area (Å²) >= 11 is 7.12. The molecule has 0 aliphatic heterocycles. The SMILES string of the molecule is O=C(CSc1nc(-c2cccc(Cl)c2)cc(=O)[nH]1)Nc1oncc1-c1ccccc1. The van der Waals surface area contributed by atoms with Crippen LogP contribution in [0.3, 0.4) is 0 Å². The maximum absolute atomic E-state index is 12.4. The van der Waals surface area contributed by atoms with Crippen LogP contribution in [0.4, 0.5) is 5.88 Å². The Bertz CT molecular complexity index is 1240. The normalized spacial score (nSPS) is 10.7. The van der Waals surface area contributed by atoms with Crippen molar-refractivity contribution >= 4 is 35.2 Å². The second kappa shape index (κ2) is 8.98. The van der Waals surface area contributed by atoms with Gasteiger partial charge in [-0.05, 0) is 17.7 Å². The van der Waals surface area contributed by atoms with Crippen LogP contribution < -0.4 is 10.9 Å². The summed E-state index contributed by atoms with van der Waals surface area (Å²) in [5, 5.41) is 7.34. The molecular formula is C21H15ClN4O3S. The number of anilines is 1. The third kappa shape index (κ3) is 4.79. The highest BCUT2D eigenvalue weighted by atomic mass is 35.5. The van der Waals surface area contributed by atoms with Gasteiger partial charge >= 0.3 is 0 Å². The Kier molecular flexibility index (Phi) is 5.97. The van der Waals surface area contributed by atoms with Gasteiger partial charge in [-0.3, -0.25) is 14.9 Å². The third-order valence-corrected chi connectivity index (χ3v) is 5.20. The molecule has 2 N–H and O–H groups in total. The molecule has 1 amide bonds. The quantitative estimate of drug-likeness (QED) is 0.340. The van der Waals surface area contributed by atoms with Crippen LogP contribution in [0.5, 0.6) is 0 Å². The fourth-order valence-electron chi connectivity index (χ4n) is 2.75. The first kappa shape index (κ1) is 19.9. The standard InChI is InChI=1S/C21H15ClN4O3S/c22-15-8-4-7-14(9-15)17-10-18(27)26-21(24-17)30-12-19(28)25-20-16(11-23-29-20)13-5-2-1-3-6-13/h1-11H,12H2,(H,25,28)(H,24,26,27). The third-order valence-electron chi connectivity index (χ3n) is 4.09. The molecule has 9 heteroatoms. The molecule has 7 nitrogen and oxygen atoms in total. The van der Waals surface area contributed by atoms with Crippen LogP contribution >= 0.6 is 23.4 Å². The van der Waals surface area contributed by atoms with Crippen LogP contribution in [0.25, 0.3) is 22.4 Å². The van der Waals surface area contributed by atoms with Crippen molar-refractivity contribution in [2.45, 2.75) is 5.16 Å². The van der Waals surface area contributed by atoms with Crippen LogP contribution in [-0.4, -0.2) is 26.8 Å². The molecule has 0 radical (unpaired) electrons. The summed E-state index contributed by atoms with van der Waals surface area (Å²) in [5.74, 6) is -0.0256. The summed E-state index contributed by atoms with van der Waals surface area (Å²) in [4.78, 5) is 31.4. The Balaban J connectivity index is 1.45. The first-order chi connectivity index (χ1) is 14.6. The summed E-state index contributed by atoms with van der Waals surface area (Å²) in [6.45, 7) is 0. The summed E-state index contributed by atoms with van der Waals surface area (Å²) < 4.78 is 5.17. The molecule has 0 spiro atoms. The zero-order valence-corrected chi connectivity index (χ0v) is 17.0. The Morgan fingerprint density at radius 1 is 1.10 bits per heavy atom. The highest BCUT2D eigenvalue weighted by molar-refractivity contribution is 7.99. The topological polar surface area (TPSA) is 101 Å². The second-order valence-electron chi connectivity index (χ2n) is 6.22. The van der Waals surface area contributed by atoms with E-state index in [1.54, 1.807) is 24.4 Å². The van der Waals surface area contributed by atoms with E-state index in [1.165, 1.54) is 6.07 Å². The fourth-order valence-corrected chi connectivity index (χ4v) is 3.61. The number of benzene rings is 2. The van der Waals surface area contributed by atoms with Crippen molar-refractivity contribution in [2.75, 3.05) is 11.1 Å². The predicted octanol–water partition coefficient (Wildman–Crippen LogP) is 4.48. The minimum Gasteiger partial charge on any atom is -0.338 e. The number of nitrogens with one attached hydrogen (secondary N) is 2. The first-order valence-corrected chi connectivity index (χ1v) is 10.2. The Hall–Kier alpha value is -3.36. The molecule has 2 aromatic carbocycles. The Morgan fingerprint density at radius 2 is 1.90 bits per heavy atom. The van der Waals surface area contributed by atoms with Crippen molar-refractivity contribution in [3.63, 3.8) is 0 Å². The number of H-pyrrole nitrogens is 1. The molecule has 2 heterocycles. The molecule has 4 rings (SSSR count). The number of carbonyl (C=O) groups excluding carboxylic acids is 1. The smallest absolute Gasteiger partial charge is 0.252 e. The molecule has 150 valence electrons. The lowest BCUT2D eigenvalue weighted by Gasteiger charge is -2.06. The number of nitrogens with zero attached hydrogens (tertiary/aromatic N) is 2. The van der Waals surface area contributed by atoms with E-state index in [2.05, 4.69) is 20.4 Å². The monoisotopic (exact) mass is 438 g/mol. The molecule has 0 saturated carbocycles. The molecule has 2 aromatic heterocycles. The van der Waals surface area contributed by atoms with Crippen LogP contribution in [0, 0.1) is 0 Å². The Labute approximate surface area is 180 Å². The summed E-state index contributed by atoms with van der Waals surface area (Å²) in [5.41, 5.74) is 2.44. The molecule has 0 saturated heterocycles. The van der Waals surface area contributed by atoms with E-state index >= 15 is 0 Å². The van der Waals surface area contributed by atoms with Gasteiger partial charge < -0.3 is 9.51 Å². The van der Waals surface area contributed by atoms with E-state index in [0.717, 1.165) is 17.3 Å². The van der Waals surface area contributed by atoms with Gasteiger partial charge in [-0.25, -0.2) is 4.98 Å². The van der Waals surface area contributed by atoms with Gasteiger partial charge in [-0.15, -0.1) is 0 Å². The second-order valence-corrected chi connectivity index (χ2v) is 7.62. The van der Waals surface area contributed by atoms with Gasteiger partial charge in [0.25, 0.3) is 5.56 Å². The van der Waals surface area contributed by atoms with E-state index in [0.29, 0.717) is 27.0 Å². The molecule has 0 aliphatic carbocycles. The Morgan fingerprint density at radius 3 is 2.70 bits per heavy atom. The van der Waals surface area contributed by atoms with E-state index in [1.807, 2.05) is 36.4 Å². The van der Waals surface area contributed by atoms with Gasteiger partial charge in [-0.2, -0.15) is 0 Å². The van der Waals surface area contributed by atoms with Crippen molar-refractivity contribution in [1.29, 1.82) is 0 Å². The number of aromatic nitrogens is 3. The average Bonchev–Trinajstić information content (AvgIpc) is 3.20. The van der Waals surface area contributed by atoms with E-state index in [9.17, 15) is 9.59 Å². The molecular weight excluding hydrogens is 424 g/mol. The fraction of sp³-hybridized carbons (Fsp3) is 0.0476. The van der Waals surface area contributed by atoms with Gasteiger partial charge in [0.05, 0.1) is 23.2 Å². The number of carbonyl (C=O) groups is 1. The van der Waals surface area contributed by atoms with Crippen LogP contribution in [-0.2, 0) is 4.79 Å². The van der Waals surface area contributed by atoms with E-state index in [4.69, 9.17) is 16.1 Å². The zero-order chi connectivity index (χ0) is 20.9. The minimum absolute atomic E-state index is 0.0247. The lowest BCUT2D eigenvalue weighted by atomic mass is 10.1. The molecule has 0 unspecified atom stereocenters. The average molecular weight is 439 g/mol. The van der Waals surface area contributed by atoms with Crippen LogP contribution in [0.1, 0.15) is 0 Å². The minimum atomic E-state index is -0.315. The van der Waals surface area contributed by atoms with Gasteiger partial charge in [0.2, 0.25) is 11.8 Å². The lowest BCUT2D eigenvalue weighted by Crippen LogP contribution is -2.15. The van der Waals surface area contributed by atoms with Crippen molar-refractivity contribution in [1.82, 2.24) is 15.1 Å². The molecule has 0 bridgehead atoms. The number of halogens is 1. The van der Waals surface area contributed by atoms with Gasteiger partial charge in [0.15, 0.2) is 5.16 Å². The molecule has 0 atom stereocenters. The zero-order valence-electron chi connectivity index (χ0n) is 15.5. The van der Waals surface area contributed by atoms with Crippen molar-refractivity contribution < 1.29 is 9.32 Å². The summed E-state index contributed by atoms with van der Waals surface area (Å²) in [6, 6.07) is 17.9. The predicted molar refractivity (Wildman–Crippen MR) is 117 cm³/mol. The van der Waals surface area contributed by atoms with Crippen molar-refractivity contribution in [3.05, 3.63) is 82.2 Å². The number of amides is 1. The molecule has 4 aromatic rings. The number of hydrogen-bond acceptors (Lipinski definition) is 6. The van der Waals surface area contributed by atoms with Crippen molar-refractivity contribution in [3.8, 4) is 22.4 Å². The highest BCUT2D eigenvalue weighted by Crippen LogP contribution is 2.28.